The fraction of sp³-hybridized carbons (Fsp3) is 0.667. The summed E-state index contributed by atoms with van der Waals surface area (Å²) in [5.41, 5.74) is 2.90. The Morgan fingerprint density at radius 2 is 2.20 bits per heavy atom. The van der Waals surface area contributed by atoms with E-state index in [1.165, 1.54) is 36.8 Å². The second kappa shape index (κ2) is 7.68. The van der Waals surface area contributed by atoms with E-state index in [2.05, 4.69) is 44.3 Å². The monoisotopic (exact) mass is 275 g/mol. The highest BCUT2D eigenvalue weighted by Crippen LogP contribution is 2.35. The summed E-state index contributed by atoms with van der Waals surface area (Å²) in [5.74, 6) is 1.74. The predicted molar refractivity (Wildman–Crippen MR) is 85.4 cm³/mol. The SMILES string of the molecule is CCCNC1CCCc2c(OCC(C)CC)cccc21. The summed E-state index contributed by atoms with van der Waals surface area (Å²) in [7, 11) is 0. The zero-order valence-electron chi connectivity index (χ0n) is 13.2. The highest BCUT2D eigenvalue weighted by atomic mass is 16.5. The zero-order valence-corrected chi connectivity index (χ0v) is 13.2. The van der Waals surface area contributed by atoms with Gasteiger partial charge in [0.25, 0.3) is 0 Å². The van der Waals surface area contributed by atoms with Crippen molar-refractivity contribution in [2.75, 3.05) is 13.2 Å². The van der Waals surface area contributed by atoms with Crippen molar-refractivity contribution in [3.05, 3.63) is 29.3 Å². The largest absolute Gasteiger partial charge is 0.493 e. The lowest BCUT2D eigenvalue weighted by molar-refractivity contribution is 0.252. The van der Waals surface area contributed by atoms with Crippen molar-refractivity contribution in [2.24, 2.45) is 5.92 Å². The van der Waals surface area contributed by atoms with Gasteiger partial charge < -0.3 is 10.1 Å². The lowest BCUT2D eigenvalue weighted by Crippen LogP contribution is -2.26. The third-order valence-electron chi connectivity index (χ3n) is 4.33. The Kier molecular flexibility index (Phi) is 5.90. The summed E-state index contributed by atoms with van der Waals surface area (Å²) in [6.45, 7) is 8.63. The van der Waals surface area contributed by atoms with Crippen LogP contribution in [0.4, 0.5) is 0 Å². The summed E-state index contributed by atoms with van der Waals surface area (Å²) in [4.78, 5) is 0. The quantitative estimate of drug-likeness (QED) is 0.791. The van der Waals surface area contributed by atoms with Crippen LogP contribution in [-0.2, 0) is 6.42 Å². The molecule has 2 nitrogen and oxygen atoms in total. The molecular weight excluding hydrogens is 246 g/mol. The van der Waals surface area contributed by atoms with Crippen LogP contribution in [0.1, 0.15) is 63.6 Å². The van der Waals surface area contributed by atoms with E-state index < -0.39 is 0 Å². The average Bonchev–Trinajstić information content (AvgIpc) is 2.50. The molecule has 1 aliphatic carbocycles. The van der Waals surface area contributed by atoms with Crippen LogP contribution in [-0.4, -0.2) is 13.2 Å². The molecule has 2 rings (SSSR count). The molecule has 0 fully saturated rings. The number of fused-ring (bicyclic) bond motifs is 1. The Bertz CT molecular complexity index is 416. The molecular formula is C18H29NO. The maximum atomic E-state index is 6.08. The molecule has 1 aromatic carbocycles. The van der Waals surface area contributed by atoms with E-state index in [9.17, 15) is 0 Å². The molecule has 112 valence electrons. The van der Waals surface area contributed by atoms with Crippen LogP contribution in [0, 0.1) is 5.92 Å². The standard InChI is InChI=1S/C18H29NO/c1-4-12-19-17-10-6-9-16-15(17)8-7-11-18(16)20-13-14(3)5-2/h7-8,11,14,17,19H,4-6,9-10,12-13H2,1-3H3. The van der Waals surface area contributed by atoms with Gasteiger partial charge in [-0.05, 0) is 55.3 Å². The molecule has 0 heterocycles. The summed E-state index contributed by atoms with van der Waals surface area (Å²) in [6.07, 6.45) is 6.04. The molecule has 1 aromatic rings. The lowest BCUT2D eigenvalue weighted by atomic mass is 9.87. The molecule has 0 bridgehead atoms. The van der Waals surface area contributed by atoms with Crippen LogP contribution >= 0.6 is 0 Å². The van der Waals surface area contributed by atoms with Gasteiger partial charge in [0.05, 0.1) is 6.61 Å². The van der Waals surface area contributed by atoms with Gasteiger partial charge in [-0.25, -0.2) is 0 Å². The number of benzene rings is 1. The van der Waals surface area contributed by atoms with Crippen LogP contribution in [0.25, 0.3) is 0 Å². The van der Waals surface area contributed by atoms with E-state index in [4.69, 9.17) is 4.74 Å². The van der Waals surface area contributed by atoms with Gasteiger partial charge >= 0.3 is 0 Å². The molecule has 2 heteroatoms. The van der Waals surface area contributed by atoms with Gasteiger partial charge in [0.15, 0.2) is 0 Å². The van der Waals surface area contributed by atoms with Gasteiger partial charge in [-0.15, -0.1) is 0 Å². The van der Waals surface area contributed by atoms with Crippen molar-refractivity contribution in [1.29, 1.82) is 0 Å². The minimum absolute atomic E-state index is 0.519. The molecule has 0 aromatic heterocycles. The minimum atomic E-state index is 0.519. The molecule has 1 aliphatic rings. The first-order valence-electron chi connectivity index (χ1n) is 8.24. The molecule has 20 heavy (non-hydrogen) atoms. The number of hydrogen-bond acceptors (Lipinski definition) is 2. The molecule has 0 saturated heterocycles. The Morgan fingerprint density at radius 3 is 2.95 bits per heavy atom. The van der Waals surface area contributed by atoms with Crippen molar-refractivity contribution in [3.63, 3.8) is 0 Å². The molecule has 1 N–H and O–H groups in total. The predicted octanol–water partition coefficient (Wildman–Crippen LogP) is 4.49. The number of ether oxygens (including phenoxy) is 1. The minimum Gasteiger partial charge on any atom is -0.493 e. The third-order valence-corrected chi connectivity index (χ3v) is 4.33. The Hall–Kier alpha value is -1.02. The zero-order chi connectivity index (χ0) is 14.4. The fourth-order valence-corrected chi connectivity index (χ4v) is 2.83. The summed E-state index contributed by atoms with van der Waals surface area (Å²) >= 11 is 0. The smallest absolute Gasteiger partial charge is 0.122 e. The van der Waals surface area contributed by atoms with Crippen molar-refractivity contribution < 1.29 is 4.74 Å². The second-order valence-corrected chi connectivity index (χ2v) is 6.05. The molecule has 0 spiro atoms. The van der Waals surface area contributed by atoms with Gasteiger partial charge in [-0.3, -0.25) is 0 Å². The van der Waals surface area contributed by atoms with E-state index >= 15 is 0 Å². The van der Waals surface area contributed by atoms with E-state index in [1.54, 1.807) is 0 Å². The van der Waals surface area contributed by atoms with Crippen molar-refractivity contribution >= 4 is 0 Å². The van der Waals surface area contributed by atoms with Crippen LogP contribution in [0.3, 0.4) is 0 Å². The topological polar surface area (TPSA) is 21.3 Å². The Balaban J connectivity index is 2.11. The molecule has 0 aliphatic heterocycles. The maximum absolute atomic E-state index is 6.08. The maximum Gasteiger partial charge on any atom is 0.122 e. The molecule has 0 saturated carbocycles. The number of nitrogens with one attached hydrogen (secondary N) is 1. The van der Waals surface area contributed by atoms with Gasteiger partial charge in [-0.2, -0.15) is 0 Å². The normalized spacial score (nSPS) is 19.4. The molecule has 2 atom stereocenters. The number of hydrogen-bond donors (Lipinski definition) is 1. The van der Waals surface area contributed by atoms with Crippen LogP contribution in [0.2, 0.25) is 0 Å². The fourth-order valence-electron chi connectivity index (χ4n) is 2.83. The van der Waals surface area contributed by atoms with Gasteiger partial charge in [0.1, 0.15) is 5.75 Å². The van der Waals surface area contributed by atoms with Crippen LogP contribution < -0.4 is 10.1 Å². The van der Waals surface area contributed by atoms with Crippen LogP contribution in [0.15, 0.2) is 18.2 Å². The average molecular weight is 275 g/mol. The van der Waals surface area contributed by atoms with E-state index in [1.807, 2.05) is 0 Å². The van der Waals surface area contributed by atoms with Gasteiger partial charge in [0, 0.05) is 6.04 Å². The molecule has 2 unspecified atom stereocenters. The second-order valence-electron chi connectivity index (χ2n) is 6.05. The van der Waals surface area contributed by atoms with E-state index in [0.29, 0.717) is 12.0 Å². The van der Waals surface area contributed by atoms with Gasteiger partial charge in [-0.1, -0.05) is 39.3 Å². The highest BCUT2D eigenvalue weighted by molar-refractivity contribution is 5.43. The molecule has 0 radical (unpaired) electrons. The van der Waals surface area contributed by atoms with Gasteiger partial charge in [0.2, 0.25) is 0 Å². The lowest BCUT2D eigenvalue weighted by Gasteiger charge is -2.28. The first-order valence-corrected chi connectivity index (χ1v) is 8.24. The molecule has 0 amide bonds. The van der Waals surface area contributed by atoms with Crippen molar-refractivity contribution in [1.82, 2.24) is 5.32 Å². The highest BCUT2D eigenvalue weighted by Gasteiger charge is 2.22. The Labute approximate surface area is 123 Å². The number of rotatable bonds is 7. The summed E-state index contributed by atoms with van der Waals surface area (Å²) < 4.78 is 6.08. The van der Waals surface area contributed by atoms with Crippen LogP contribution in [0.5, 0.6) is 5.75 Å². The first kappa shape index (κ1) is 15.4. The summed E-state index contributed by atoms with van der Waals surface area (Å²) in [6, 6.07) is 7.09. The van der Waals surface area contributed by atoms with Crippen molar-refractivity contribution in [2.45, 2.75) is 58.9 Å². The van der Waals surface area contributed by atoms with Crippen molar-refractivity contribution in [3.8, 4) is 5.75 Å². The first-order chi connectivity index (χ1) is 9.76. The Morgan fingerprint density at radius 1 is 1.35 bits per heavy atom. The van der Waals surface area contributed by atoms with E-state index in [-0.39, 0.29) is 0 Å². The third kappa shape index (κ3) is 3.76. The summed E-state index contributed by atoms with van der Waals surface area (Å²) in [5, 5.41) is 3.68. The van der Waals surface area contributed by atoms with E-state index in [0.717, 1.165) is 25.3 Å².